The van der Waals surface area contributed by atoms with Gasteiger partial charge in [0.15, 0.2) is 6.61 Å². The monoisotopic (exact) mass is 496 g/mol. The summed E-state index contributed by atoms with van der Waals surface area (Å²) in [5.41, 5.74) is 9.69. The average Bonchev–Trinajstić information content (AvgIpc) is 3.32. The number of carbonyl (C=O) groups excluding carboxylic acids is 2. The van der Waals surface area contributed by atoms with Crippen molar-refractivity contribution in [2.45, 2.75) is 26.4 Å². The fraction of sp³-hybridized carbons (Fsp3) is 0.172. The Balaban J connectivity index is 1.62. The fourth-order valence-corrected chi connectivity index (χ4v) is 3.59. The van der Waals surface area contributed by atoms with Gasteiger partial charge in [-0.25, -0.2) is 9.78 Å². The zero-order valence-corrected chi connectivity index (χ0v) is 20.9. The zero-order chi connectivity index (χ0) is 26.4. The van der Waals surface area contributed by atoms with E-state index in [4.69, 9.17) is 20.2 Å². The molecule has 4 aromatic rings. The first-order valence-electron chi connectivity index (χ1n) is 11.7. The fourth-order valence-electron chi connectivity index (χ4n) is 3.59. The van der Waals surface area contributed by atoms with Crippen LogP contribution in [0.15, 0.2) is 79.1 Å². The van der Waals surface area contributed by atoms with Crippen molar-refractivity contribution in [3.05, 3.63) is 84.7 Å². The van der Waals surface area contributed by atoms with Gasteiger partial charge in [0.1, 0.15) is 17.2 Å². The lowest BCUT2D eigenvalue weighted by Gasteiger charge is -2.19. The molecule has 4 rings (SSSR count). The van der Waals surface area contributed by atoms with E-state index in [-0.39, 0.29) is 6.61 Å². The van der Waals surface area contributed by atoms with Crippen LogP contribution < -0.4 is 10.5 Å². The van der Waals surface area contributed by atoms with Crippen LogP contribution in [-0.2, 0) is 14.3 Å². The molecule has 188 valence electrons. The second-order valence-electron chi connectivity index (χ2n) is 9.31. The maximum absolute atomic E-state index is 12.0. The summed E-state index contributed by atoms with van der Waals surface area (Å²) >= 11 is 0. The van der Waals surface area contributed by atoms with Crippen LogP contribution in [0.1, 0.15) is 26.3 Å². The van der Waals surface area contributed by atoms with E-state index in [9.17, 15) is 9.59 Å². The van der Waals surface area contributed by atoms with E-state index < -0.39 is 17.5 Å². The Morgan fingerprint density at radius 1 is 0.973 bits per heavy atom. The predicted molar refractivity (Wildman–Crippen MR) is 142 cm³/mol. The molecular weight excluding hydrogens is 468 g/mol. The van der Waals surface area contributed by atoms with Crippen LogP contribution in [0.25, 0.3) is 40.0 Å². The highest BCUT2D eigenvalue weighted by Gasteiger charge is 2.18. The lowest BCUT2D eigenvalue weighted by atomic mass is 10.0. The first-order valence-corrected chi connectivity index (χ1v) is 11.7. The minimum absolute atomic E-state index is 0.175. The standard InChI is InChI=1S/C29H28N4O4/c1-29(2,3)37-25(35)18-36-23-13-11-21(12-14-23)27-26(32-28(33-27)22-5-4-16-31-17-22)20-9-6-19(7-10-20)8-15-24(30)34/h4-17H,18H2,1-3H3,(H2,30,34)(H,32,33)/b15-8+. The number of pyridine rings is 1. The van der Waals surface area contributed by atoms with Gasteiger partial charge >= 0.3 is 5.97 Å². The average molecular weight is 497 g/mol. The van der Waals surface area contributed by atoms with Crippen LogP contribution in [0.5, 0.6) is 5.75 Å². The molecule has 0 unspecified atom stereocenters. The number of nitrogens with zero attached hydrogens (tertiary/aromatic N) is 2. The third-order valence-corrected chi connectivity index (χ3v) is 5.18. The van der Waals surface area contributed by atoms with E-state index in [1.54, 1.807) is 30.6 Å². The lowest BCUT2D eigenvalue weighted by molar-refractivity contribution is -0.157. The molecule has 8 heteroatoms. The first-order chi connectivity index (χ1) is 17.7. The van der Waals surface area contributed by atoms with Crippen LogP contribution in [0.3, 0.4) is 0 Å². The quantitative estimate of drug-likeness (QED) is 0.261. The molecular formula is C29H28N4O4. The van der Waals surface area contributed by atoms with Gasteiger partial charge in [0.2, 0.25) is 5.91 Å². The second-order valence-corrected chi connectivity index (χ2v) is 9.31. The van der Waals surface area contributed by atoms with Crippen LogP contribution >= 0.6 is 0 Å². The lowest BCUT2D eigenvalue weighted by Crippen LogP contribution is -2.27. The summed E-state index contributed by atoms with van der Waals surface area (Å²) in [6.07, 6.45) is 6.45. The third-order valence-electron chi connectivity index (χ3n) is 5.18. The number of hydrogen-bond donors (Lipinski definition) is 2. The Labute approximate surface area is 215 Å². The molecule has 0 aliphatic carbocycles. The van der Waals surface area contributed by atoms with Crippen molar-refractivity contribution in [3.63, 3.8) is 0 Å². The molecule has 0 fully saturated rings. The Morgan fingerprint density at radius 3 is 2.30 bits per heavy atom. The number of benzene rings is 2. The minimum Gasteiger partial charge on any atom is -0.482 e. The number of aromatic amines is 1. The molecule has 0 spiro atoms. The summed E-state index contributed by atoms with van der Waals surface area (Å²) in [6, 6.07) is 18.8. The number of nitrogens with one attached hydrogen (secondary N) is 1. The number of imidazole rings is 1. The SMILES string of the molecule is CC(C)(C)OC(=O)COc1ccc(-c2nc(-c3cccnc3)[nH]c2-c2ccc(/C=C/C(N)=O)cc2)cc1. The Kier molecular flexibility index (Phi) is 7.48. The number of nitrogens with two attached hydrogens (primary N) is 1. The van der Waals surface area contributed by atoms with Crippen molar-refractivity contribution >= 4 is 18.0 Å². The summed E-state index contributed by atoms with van der Waals surface area (Å²) < 4.78 is 10.9. The largest absolute Gasteiger partial charge is 0.482 e. The molecule has 0 aliphatic heterocycles. The summed E-state index contributed by atoms with van der Waals surface area (Å²) in [6.45, 7) is 5.26. The molecule has 0 bridgehead atoms. The molecule has 2 heterocycles. The number of carbonyl (C=O) groups is 2. The minimum atomic E-state index is -0.567. The summed E-state index contributed by atoms with van der Waals surface area (Å²) in [5, 5.41) is 0. The number of aromatic nitrogens is 3. The number of hydrogen-bond acceptors (Lipinski definition) is 6. The highest BCUT2D eigenvalue weighted by Crippen LogP contribution is 2.34. The number of amides is 1. The molecule has 37 heavy (non-hydrogen) atoms. The van der Waals surface area contributed by atoms with Gasteiger partial charge in [-0.2, -0.15) is 0 Å². The molecule has 0 atom stereocenters. The van der Waals surface area contributed by atoms with Crippen molar-refractivity contribution in [1.29, 1.82) is 0 Å². The van der Waals surface area contributed by atoms with Gasteiger partial charge in [-0.15, -0.1) is 0 Å². The molecule has 0 saturated heterocycles. The van der Waals surface area contributed by atoms with Gasteiger partial charge < -0.3 is 20.2 Å². The van der Waals surface area contributed by atoms with Gasteiger partial charge in [0.05, 0.1) is 11.4 Å². The molecule has 1 amide bonds. The molecule has 0 aliphatic rings. The maximum Gasteiger partial charge on any atom is 0.344 e. The topological polar surface area (TPSA) is 120 Å². The number of esters is 1. The van der Waals surface area contributed by atoms with Crippen LogP contribution in [0.2, 0.25) is 0 Å². The summed E-state index contributed by atoms with van der Waals surface area (Å²) in [7, 11) is 0. The van der Waals surface area contributed by atoms with Gasteiger partial charge in [0, 0.05) is 35.2 Å². The van der Waals surface area contributed by atoms with E-state index >= 15 is 0 Å². The van der Waals surface area contributed by atoms with E-state index in [0.717, 1.165) is 33.6 Å². The molecule has 0 radical (unpaired) electrons. The highest BCUT2D eigenvalue weighted by molar-refractivity contribution is 5.90. The van der Waals surface area contributed by atoms with E-state index in [1.165, 1.54) is 6.08 Å². The maximum atomic E-state index is 12.0. The molecule has 2 aromatic heterocycles. The Bertz CT molecular complexity index is 1400. The van der Waals surface area contributed by atoms with Gasteiger partial charge in [0.25, 0.3) is 0 Å². The Morgan fingerprint density at radius 2 is 1.68 bits per heavy atom. The number of ether oxygens (including phenoxy) is 2. The van der Waals surface area contributed by atoms with Crippen molar-refractivity contribution in [1.82, 2.24) is 15.0 Å². The summed E-state index contributed by atoms with van der Waals surface area (Å²) in [5.74, 6) is 0.298. The Hall–Kier alpha value is -4.72. The van der Waals surface area contributed by atoms with E-state index in [2.05, 4.69) is 9.97 Å². The van der Waals surface area contributed by atoms with Gasteiger partial charge in [-0.3, -0.25) is 9.78 Å². The highest BCUT2D eigenvalue weighted by atomic mass is 16.6. The molecule has 0 saturated carbocycles. The zero-order valence-electron chi connectivity index (χ0n) is 20.9. The smallest absolute Gasteiger partial charge is 0.344 e. The third kappa shape index (κ3) is 6.91. The van der Waals surface area contributed by atoms with Crippen LogP contribution in [0.4, 0.5) is 0 Å². The second kappa shape index (κ2) is 10.9. The van der Waals surface area contributed by atoms with Crippen molar-refractivity contribution < 1.29 is 19.1 Å². The molecule has 3 N–H and O–H groups in total. The number of primary amides is 1. The van der Waals surface area contributed by atoms with Crippen molar-refractivity contribution in [2.24, 2.45) is 5.73 Å². The summed E-state index contributed by atoms with van der Waals surface area (Å²) in [4.78, 5) is 35.5. The van der Waals surface area contributed by atoms with Gasteiger partial charge in [-0.05, 0) is 68.8 Å². The van der Waals surface area contributed by atoms with E-state index in [1.807, 2.05) is 69.3 Å². The first kappa shape index (κ1) is 25.4. The van der Waals surface area contributed by atoms with Crippen LogP contribution in [0, 0.1) is 0 Å². The van der Waals surface area contributed by atoms with Crippen LogP contribution in [-0.4, -0.2) is 39.0 Å². The van der Waals surface area contributed by atoms with Crippen molar-refractivity contribution in [2.75, 3.05) is 6.61 Å². The van der Waals surface area contributed by atoms with E-state index in [0.29, 0.717) is 11.6 Å². The molecule has 2 aromatic carbocycles. The number of H-pyrrole nitrogens is 1. The predicted octanol–water partition coefficient (Wildman–Crippen LogP) is 5.02. The van der Waals surface area contributed by atoms with Crippen molar-refractivity contribution in [3.8, 4) is 39.7 Å². The molecule has 8 nitrogen and oxygen atoms in total. The normalized spacial score (nSPS) is 11.4. The number of rotatable bonds is 8. The van der Waals surface area contributed by atoms with Gasteiger partial charge in [-0.1, -0.05) is 24.3 Å².